The second-order valence-corrected chi connectivity index (χ2v) is 5.10. The molecule has 2 aromatic carbocycles. The molecule has 0 bridgehead atoms. The molecule has 0 aliphatic carbocycles. The summed E-state index contributed by atoms with van der Waals surface area (Å²) in [5.41, 5.74) is 2.18. The molecule has 0 N–H and O–H groups in total. The third-order valence-electron chi connectivity index (χ3n) is 3.53. The van der Waals surface area contributed by atoms with Gasteiger partial charge >= 0.3 is 0 Å². The van der Waals surface area contributed by atoms with E-state index in [0.717, 1.165) is 23.2 Å². The lowest BCUT2D eigenvalue weighted by molar-refractivity contribution is -0.110. The Balaban J connectivity index is 2.10. The van der Waals surface area contributed by atoms with E-state index in [0.29, 0.717) is 6.61 Å². The summed E-state index contributed by atoms with van der Waals surface area (Å²) in [7, 11) is 0. The van der Waals surface area contributed by atoms with Crippen molar-refractivity contribution in [2.75, 3.05) is 0 Å². The Morgan fingerprint density at radius 1 is 1.14 bits per heavy atom. The Labute approximate surface area is 126 Å². The Morgan fingerprint density at radius 2 is 1.90 bits per heavy atom. The Bertz CT molecular complexity index is 590. The SMILES string of the molecule is C=CC(c1cccc(OCc2ccccc2)c1)[C@@H](C)C=O. The zero-order valence-electron chi connectivity index (χ0n) is 12.2. The van der Waals surface area contributed by atoms with Gasteiger partial charge < -0.3 is 9.53 Å². The number of carbonyl (C=O) groups is 1. The molecular formula is C19H20O2. The van der Waals surface area contributed by atoms with Crippen LogP contribution >= 0.6 is 0 Å². The molecule has 0 saturated carbocycles. The highest BCUT2D eigenvalue weighted by atomic mass is 16.5. The van der Waals surface area contributed by atoms with Crippen molar-refractivity contribution >= 4 is 6.29 Å². The molecule has 0 saturated heterocycles. The van der Waals surface area contributed by atoms with Crippen LogP contribution in [0.25, 0.3) is 0 Å². The molecule has 1 unspecified atom stereocenters. The van der Waals surface area contributed by atoms with Crippen LogP contribution in [0.3, 0.4) is 0 Å². The summed E-state index contributed by atoms with van der Waals surface area (Å²) in [6.45, 7) is 6.26. The van der Waals surface area contributed by atoms with Crippen molar-refractivity contribution in [2.24, 2.45) is 5.92 Å². The summed E-state index contributed by atoms with van der Waals surface area (Å²) >= 11 is 0. The van der Waals surface area contributed by atoms with Crippen LogP contribution in [0.1, 0.15) is 24.0 Å². The standard InChI is InChI=1S/C19H20O2/c1-3-19(15(2)13-20)17-10-7-11-18(12-17)21-14-16-8-5-4-6-9-16/h3-13,15,19H,1,14H2,2H3/t15-,19?/m0/s1. The van der Waals surface area contributed by atoms with Gasteiger partial charge in [-0.05, 0) is 23.3 Å². The summed E-state index contributed by atoms with van der Waals surface area (Å²) < 4.78 is 5.82. The van der Waals surface area contributed by atoms with Crippen molar-refractivity contribution in [1.29, 1.82) is 0 Å². The summed E-state index contributed by atoms with van der Waals surface area (Å²) in [6.07, 6.45) is 2.78. The molecule has 0 radical (unpaired) electrons. The molecule has 2 atom stereocenters. The van der Waals surface area contributed by atoms with E-state index in [-0.39, 0.29) is 11.8 Å². The number of ether oxygens (including phenoxy) is 1. The van der Waals surface area contributed by atoms with Crippen molar-refractivity contribution in [3.63, 3.8) is 0 Å². The van der Waals surface area contributed by atoms with Gasteiger partial charge in [0.1, 0.15) is 18.6 Å². The average Bonchev–Trinajstić information content (AvgIpc) is 2.55. The maximum atomic E-state index is 11.0. The third-order valence-corrected chi connectivity index (χ3v) is 3.53. The van der Waals surface area contributed by atoms with E-state index in [2.05, 4.69) is 6.58 Å². The van der Waals surface area contributed by atoms with Crippen LogP contribution in [-0.2, 0) is 11.4 Å². The predicted molar refractivity (Wildman–Crippen MR) is 85.4 cm³/mol. The molecule has 108 valence electrons. The first-order valence-corrected chi connectivity index (χ1v) is 7.09. The number of benzene rings is 2. The molecule has 2 rings (SSSR count). The van der Waals surface area contributed by atoms with Gasteiger partial charge in [0.25, 0.3) is 0 Å². The first-order valence-electron chi connectivity index (χ1n) is 7.09. The zero-order chi connectivity index (χ0) is 15.1. The van der Waals surface area contributed by atoms with Gasteiger partial charge in [0.2, 0.25) is 0 Å². The van der Waals surface area contributed by atoms with Gasteiger partial charge in [0, 0.05) is 11.8 Å². The molecule has 0 amide bonds. The summed E-state index contributed by atoms with van der Waals surface area (Å²) in [5, 5.41) is 0. The lowest BCUT2D eigenvalue weighted by Gasteiger charge is -2.17. The monoisotopic (exact) mass is 280 g/mol. The number of hydrogen-bond donors (Lipinski definition) is 0. The average molecular weight is 280 g/mol. The molecule has 2 heteroatoms. The number of aldehydes is 1. The van der Waals surface area contributed by atoms with Gasteiger partial charge in [-0.3, -0.25) is 0 Å². The van der Waals surface area contributed by atoms with Gasteiger partial charge in [-0.1, -0.05) is 55.5 Å². The van der Waals surface area contributed by atoms with Gasteiger partial charge in [-0.25, -0.2) is 0 Å². The van der Waals surface area contributed by atoms with Crippen LogP contribution in [0.4, 0.5) is 0 Å². The van der Waals surface area contributed by atoms with Gasteiger partial charge in [-0.2, -0.15) is 0 Å². The van der Waals surface area contributed by atoms with E-state index in [9.17, 15) is 4.79 Å². The van der Waals surface area contributed by atoms with Gasteiger partial charge in [-0.15, -0.1) is 6.58 Å². The van der Waals surface area contributed by atoms with E-state index in [1.54, 1.807) is 0 Å². The number of hydrogen-bond acceptors (Lipinski definition) is 2. The van der Waals surface area contributed by atoms with Crippen LogP contribution in [-0.4, -0.2) is 6.29 Å². The molecule has 2 aromatic rings. The van der Waals surface area contributed by atoms with Crippen molar-refractivity contribution in [1.82, 2.24) is 0 Å². The van der Waals surface area contributed by atoms with Crippen LogP contribution in [0.15, 0.2) is 67.3 Å². The van der Waals surface area contributed by atoms with Crippen LogP contribution in [0.2, 0.25) is 0 Å². The molecule has 0 heterocycles. The molecule has 2 nitrogen and oxygen atoms in total. The van der Waals surface area contributed by atoms with E-state index in [4.69, 9.17) is 4.74 Å². The number of carbonyl (C=O) groups excluding carboxylic acids is 1. The topological polar surface area (TPSA) is 26.3 Å². The predicted octanol–water partition coefficient (Wildman–Crippen LogP) is 4.37. The molecule has 0 spiro atoms. The molecule has 0 fully saturated rings. The van der Waals surface area contributed by atoms with Crippen molar-refractivity contribution < 1.29 is 9.53 Å². The van der Waals surface area contributed by atoms with Crippen LogP contribution in [0, 0.1) is 5.92 Å². The summed E-state index contributed by atoms with van der Waals surface area (Å²) in [6, 6.07) is 17.9. The first kappa shape index (κ1) is 15.0. The zero-order valence-corrected chi connectivity index (χ0v) is 12.2. The van der Waals surface area contributed by atoms with Crippen LogP contribution in [0.5, 0.6) is 5.75 Å². The van der Waals surface area contributed by atoms with Crippen molar-refractivity contribution in [3.8, 4) is 5.75 Å². The minimum absolute atomic E-state index is 0.0165. The lowest BCUT2D eigenvalue weighted by atomic mass is 9.88. The Morgan fingerprint density at radius 3 is 2.57 bits per heavy atom. The highest BCUT2D eigenvalue weighted by Crippen LogP contribution is 2.27. The normalized spacial score (nSPS) is 13.2. The van der Waals surface area contributed by atoms with E-state index in [1.165, 1.54) is 0 Å². The molecule has 0 aliphatic heterocycles. The fourth-order valence-corrected chi connectivity index (χ4v) is 2.29. The fourth-order valence-electron chi connectivity index (χ4n) is 2.29. The quantitative estimate of drug-likeness (QED) is 0.556. The second kappa shape index (κ2) is 7.44. The third kappa shape index (κ3) is 4.06. The number of rotatable bonds is 7. The summed E-state index contributed by atoms with van der Waals surface area (Å²) in [4.78, 5) is 11.0. The Hall–Kier alpha value is -2.35. The first-order chi connectivity index (χ1) is 10.2. The highest BCUT2D eigenvalue weighted by Gasteiger charge is 2.15. The minimum Gasteiger partial charge on any atom is -0.489 e. The lowest BCUT2D eigenvalue weighted by Crippen LogP contribution is -2.08. The minimum atomic E-state index is -0.0909. The van der Waals surface area contributed by atoms with E-state index >= 15 is 0 Å². The maximum Gasteiger partial charge on any atom is 0.123 e. The number of allylic oxidation sites excluding steroid dienone is 1. The summed E-state index contributed by atoms with van der Waals surface area (Å²) in [5.74, 6) is 0.732. The highest BCUT2D eigenvalue weighted by molar-refractivity contribution is 5.56. The van der Waals surface area contributed by atoms with Crippen molar-refractivity contribution in [2.45, 2.75) is 19.4 Å². The smallest absolute Gasteiger partial charge is 0.123 e. The maximum absolute atomic E-state index is 11.0. The molecular weight excluding hydrogens is 260 g/mol. The molecule has 0 aromatic heterocycles. The van der Waals surface area contributed by atoms with Gasteiger partial charge in [0.15, 0.2) is 0 Å². The largest absolute Gasteiger partial charge is 0.489 e. The fraction of sp³-hybridized carbons (Fsp3) is 0.211. The van der Waals surface area contributed by atoms with E-state index in [1.807, 2.05) is 67.6 Å². The van der Waals surface area contributed by atoms with Crippen LogP contribution < -0.4 is 4.74 Å². The Kier molecular flexibility index (Phi) is 5.33. The second-order valence-electron chi connectivity index (χ2n) is 5.10. The van der Waals surface area contributed by atoms with E-state index < -0.39 is 0 Å². The van der Waals surface area contributed by atoms with Crippen molar-refractivity contribution in [3.05, 3.63) is 78.4 Å². The molecule has 0 aliphatic rings. The van der Waals surface area contributed by atoms with Gasteiger partial charge in [0.05, 0.1) is 0 Å². The molecule has 21 heavy (non-hydrogen) atoms.